The molecule has 0 saturated heterocycles. The molecule has 5 nitrogen and oxygen atoms in total. The van der Waals surface area contributed by atoms with Gasteiger partial charge in [0.25, 0.3) is 6.17 Å². The predicted molar refractivity (Wildman–Crippen MR) is 59.5 cm³/mol. The summed E-state index contributed by atoms with van der Waals surface area (Å²) in [5.41, 5.74) is 0.831. The second-order valence-electron chi connectivity index (χ2n) is 3.63. The van der Waals surface area contributed by atoms with Crippen LogP contribution in [0.4, 0.5) is 0 Å². The monoisotopic (exact) mass is 222 g/mol. The smallest absolute Gasteiger partial charge is 0.293 e. The highest BCUT2D eigenvalue weighted by molar-refractivity contribution is 5.73. The van der Waals surface area contributed by atoms with Crippen LogP contribution in [-0.4, -0.2) is 17.0 Å². The number of nitrogens with one attached hydrogen (secondary N) is 1. The largest absolute Gasteiger partial charge is 0.294 e. The van der Waals surface area contributed by atoms with Crippen molar-refractivity contribution in [1.29, 1.82) is 0 Å². The van der Waals surface area contributed by atoms with Gasteiger partial charge in [-0.05, 0) is 12.5 Å². The van der Waals surface area contributed by atoms with Crippen molar-refractivity contribution in [3.05, 3.63) is 46.0 Å². The lowest BCUT2D eigenvalue weighted by Gasteiger charge is -2.17. The minimum atomic E-state index is -1.08. The molecule has 0 aliphatic carbocycles. The fourth-order valence-corrected chi connectivity index (χ4v) is 1.51. The standard InChI is InChI=1S/C11H14N2O3/c1-8(10-6-4-3-5-7-10)11(13(15)16)12-9(2)14/h3-8,11H,1-2H3,(H,12,14). The maximum Gasteiger partial charge on any atom is 0.293 e. The van der Waals surface area contributed by atoms with Crippen molar-refractivity contribution in [2.24, 2.45) is 0 Å². The third kappa shape index (κ3) is 3.05. The highest BCUT2D eigenvalue weighted by Crippen LogP contribution is 2.19. The van der Waals surface area contributed by atoms with Crippen LogP contribution in [0, 0.1) is 10.1 Å². The Kier molecular flexibility index (Phi) is 3.99. The van der Waals surface area contributed by atoms with E-state index in [2.05, 4.69) is 5.32 Å². The van der Waals surface area contributed by atoms with Gasteiger partial charge in [0.15, 0.2) is 0 Å². The molecule has 5 heteroatoms. The Morgan fingerprint density at radius 1 is 1.38 bits per heavy atom. The molecular formula is C11H14N2O3. The molecule has 2 atom stereocenters. The summed E-state index contributed by atoms with van der Waals surface area (Å²) in [5.74, 6) is -0.760. The molecule has 0 fully saturated rings. The third-order valence-electron chi connectivity index (χ3n) is 2.38. The SMILES string of the molecule is CC(=O)NC(C(C)c1ccccc1)[N+](=O)[O-]. The van der Waals surface area contributed by atoms with Crippen molar-refractivity contribution in [3.63, 3.8) is 0 Å². The minimum absolute atomic E-state index is 0.361. The number of rotatable bonds is 4. The number of carbonyl (C=O) groups excluding carboxylic acids is 1. The zero-order chi connectivity index (χ0) is 12.1. The Bertz CT molecular complexity index is 378. The van der Waals surface area contributed by atoms with E-state index in [-0.39, 0.29) is 5.92 Å². The quantitative estimate of drug-likeness (QED) is 0.477. The first kappa shape index (κ1) is 12.2. The Morgan fingerprint density at radius 2 is 1.94 bits per heavy atom. The lowest BCUT2D eigenvalue weighted by molar-refractivity contribution is -0.530. The average molecular weight is 222 g/mol. The van der Waals surface area contributed by atoms with E-state index in [1.807, 2.05) is 30.3 Å². The van der Waals surface area contributed by atoms with Crippen LogP contribution >= 0.6 is 0 Å². The normalized spacial score (nSPS) is 13.9. The van der Waals surface area contributed by atoms with Crippen molar-refractivity contribution >= 4 is 5.91 Å². The summed E-state index contributed by atoms with van der Waals surface area (Å²) in [7, 11) is 0. The zero-order valence-corrected chi connectivity index (χ0v) is 9.21. The Labute approximate surface area is 93.6 Å². The van der Waals surface area contributed by atoms with Gasteiger partial charge in [0.1, 0.15) is 0 Å². The average Bonchev–Trinajstić information content (AvgIpc) is 2.25. The van der Waals surface area contributed by atoms with Crippen LogP contribution in [0.25, 0.3) is 0 Å². The van der Waals surface area contributed by atoms with Crippen LogP contribution in [0.1, 0.15) is 25.3 Å². The first-order chi connectivity index (χ1) is 7.52. The molecular weight excluding hydrogens is 208 g/mol. The number of amides is 1. The lowest BCUT2D eigenvalue weighted by Crippen LogP contribution is -2.42. The van der Waals surface area contributed by atoms with E-state index in [1.165, 1.54) is 6.92 Å². The van der Waals surface area contributed by atoms with Crippen LogP contribution in [0.2, 0.25) is 0 Å². The van der Waals surface area contributed by atoms with Gasteiger partial charge in [-0.2, -0.15) is 0 Å². The number of nitrogens with zero attached hydrogens (tertiary/aromatic N) is 1. The molecule has 0 bridgehead atoms. The summed E-state index contributed by atoms with van der Waals surface area (Å²) < 4.78 is 0. The topological polar surface area (TPSA) is 72.2 Å². The summed E-state index contributed by atoms with van der Waals surface area (Å²) in [5, 5.41) is 13.2. The van der Waals surface area contributed by atoms with Gasteiger partial charge in [0.2, 0.25) is 5.91 Å². The Morgan fingerprint density at radius 3 is 2.38 bits per heavy atom. The van der Waals surface area contributed by atoms with Gasteiger partial charge in [-0.3, -0.25) is 20.2 Å². The number of hydrogen-bond donors (Lipinski definition) is 1. The van der Waals surface area contributed by atoms with E-state index in [4.69, 9.17) is 0 Å². The van der Waals surface area contributed by atoms with Crippen molar-refractivity contribution in [1.82, 2.24) is 5.32 Å². The molecule has 0 heterocycles. The fourth-order valence-electron chi connectivity index (χ4n) is 1.51. The van der Waals surface area contributed by atoms with Crippen molar-refractivity contribution < 1.29 is 9.72 Å². The molecule has 1 N–H and O–H groups in total. The summed E-state index contributed by atoms with van der Waals surface area (Å²) in [6.45, 7) is 2.99. The number of carbonyl (C=O) groups is 1. The molecule has 1 aromatic carbocycles. The van der Waals surface area contributed by atoms with Gasteiger partial charge in [-0.1, -0.05) is 30.3 Å². The van der Waals surface area contributed by atoms with Crippen molar-refractivity contribution in [2.45, 2.75) is 25.9 Å². The predicted octanol–water partition coefficient (Wildman–Crippen LogP) is 1.53. The molecule has 2 unspecified atom stereocenters. The van der Waals surface area contributed by atoms with E-state index in [1.54, 1.807) is 6.92 Å². The minimum Gasteiger partial charge on any atom is -0.294 e. The maximum absolute atomic E-state index is 10.9. The number of nitro groups is 1. The molecule has 1 aromatic rings. The van der Waals surface area contributed by atoms with Crippen LogP contribution in [0.3, 0.4) is 0 Å². The van der Waals surface area contributed by atoms with Crippen LogP contribution < -0.4 is 5.32 Å². The van der Waals surface area contributed by atoms with Gasteiger partial charge in [0, 0.05) is 11.8 Å². The lowest BCUT2D eigenvalue weighted by atomic mass is 9.98. The second kappa shape index (κ2) is 5.25. The molecule has 16 heavy (non-hydrogen) atoms. The summed E-state index contributed by atoms with van der Waals surface area (Å²) in [4.78, 5) is 21.2. The first-order valence-electron chi connectivity index (χ1n) is 4.98. The highest BCUT2D eigenvalue weighted by atomic mass is 16.6. The van der Waals surface area contributed by atoms with Crippen LogP contribution in [0.5, 0.6) is 0 Å². The highest BCUT2D eigenvalue weighted by Gasteiger charge is 2.29. The second-order valence-corrected chi connectivity index (χ2v) is 3.63. The summed E-state index contributed by atoms with van der Waals surface area (Å²) in [6.07, 6.45) is -1.08. The zero-order valence-electron chi connectivity index (χ0n) is 9.21. The fraction of sp³-hybridized carbons (Fsp3) is 0.364. The van der Waals surface area contributed by atoms with Gasteiger partial charge >= 0.3 is 0 Å². The summed E-state index contributed by atoms with van der Waals surface area (Å²) >= 11 is 0. The third-order valence-corrected chi connectivity index (χ3v) is 2.38. The van der Waals surface area contributed by atoms with E-state index < -0.39 is 17.0 Å². The summed E-state index contributed by atoms with van der Waals surface area (Å²) in [6, 6.07) is 9.09. The molecule has 0 aliphatic rings. The van der Waals surface area contributed by atoms with Gasteiger partial charge in [0.05, 0.1) is 5.92 Å². The van der Waals surface area contributed by atoms with E-state index in [0.29, 0.717) is 0 Å². The van der Waals surface area contributed by atoms with Crippen molar-refractivity contribution in [2.75, 3.05) is 0 Å². The molecule has 0 aromatic heterocycles. The van der Waals surface area contributed by atoms with E-state index >= 15 is 0 Å². The molecule has 1 amide bonds. The molecule has 86 valence electrons. The van der Waals surface area contributed by atoms with Crippen LogP contribution in [0.15, 0.2) is 30.3 Å². The van der Waals surface area contributed by atoms with E-state index in [0.717, 1.165) is 5.56 Å². The number of hydrogen-bond acceptors (Lipinski definition) is 3. The molecule has 0 aliphatic heterocycles. The van der Waals surface area contributed by atoms with Crippen LogP contribution in [-0.2, 0) is 4.79 Å². The molecule has 0 saturated carbocycles. The molecule has 1 rings (SSSR count). The number of benzene rings is 1. The maximum atomic E-state index is 10.9. The van der Waals surface area contributed by atoms with Gasteiger partial charge in [-0.15, -0.1) is 0 Å². The first-order valence-corrected chi connectivity index (χ1v) is 4.98. The van der Waals surface area contributed by atoms with Gasteiger partial charge < -0.3 is 0 Å². The van der Waals surface area contributed by atoms with Gasteiger partial charge in [-0.25, -0.2) is 0 Å². The Hall–Kier alpha value is -1.91. The molecule has 0 spiro atoms. The van der Waals surface area contributed by atoms with E-state index in [9.17, 15) is 14.9 Å². The Balaban J connectivity index is 2.87. The molecule has 0 radical (unpaired) electrons. The van der Waals surface area contributed by atoms with Crippen molar-refractivity contribution in [3.8, 4) is 0 Å².